The van der Waals surface area contributed by atoms with Crippen molar-refractivity contribution in [1.29, 1.82) is 0 Å². The summed E-state index contributed by atoms with van der Waals surface area (Å²) >= 11 is 3.54. The van der Waals surface area contributed by atoms with E-state index in [9.17, 15) is 4.79 Å². The van der Waals surface area contributed by atoms with Crippen LogP contribution in [-0.4, -0.2) is 32.6 Å². The molecular weight excluding hydrogens is 410 g/mol. The summed E-state index contributed by atoms with van der Waals surface area (Å²) in [4.78, 5) is 27.2. The molecule has 1 amide bonds. The average molecular weight is 428 g/mol. The molecular formula is C19H18BrN5O2. The molecule has 1 aliphatic rings. The Labute approximate surface area is 165 Å². The first-order valence-corrected chi connectivity index (χ1v) is 9.60. The number of benzene rings is 1. The fourth-order valence-corrected chi connectivity index (χ4v) is 4.00. The molecule has 0 saturated carbocycles. The van der Waals surface area contributed by atoms with E-state index < -0.39 is 0 Å². The van der Waals surface area contributed by atoms with Gasteiger partial charge in [0.15, 0.2) is 0 Å². The van der Waals surface area contributed by atoms with Gasteiger partial charge < -0.3 is 9.42 Å². The second-order valence-corrected chi connectivity index (χ2v) is 7.38. The lowest BCUT2D eigenvalue weighted by Gasteiger charge is -2.31. The zero-order valence-electron chi connectivity index (χ0n) is 14.9. The number of nitrogens with zero attached hydrogens (tertiary/aromatic N) is 5. The fourth-order valence-electron chi connectivity index (χ4n) is 3.38. The van der Waals surface area contributed by atoms with Crippen LogP contribution in [0.1, 0.15) is 29.9 Å². The summed E-state index contributed by atoms with van der Waals surface area (Å²) in [5, 5.41) is 3.90. The van der Waals surface area contributed by atoms with Crippen molar-refractivity contribution in [3.05, 3.63) is 52.1 Å². The number of aromatic nitrogens is 4. The number of fused-ring (bicyclic) bond motifs is 1. The number of amides is 1. The van der Waals surface area contributed by atoms with Gasteiger partial charge in [-0.2, -0.15) is 4.98 Å². The number of aryl methyl sites for hydroxylation is 3. The Bertz CT molecular complexity index is 973. The van der Waals surface area contributed by atoms with Crippen LogP contribution >= 0.6 is 15.9 Å². The highest BCUT2D eigenvalue weighted by Gasteiger charge is 2.25. The van der Waals surface area contributed by atoms with Crippen LogP contribution in [0, 0.1) is 6.92 Å². The monoisotopic (exact) mass is 427 g/mol. The fraction of sp³-hybridized carbons (Fsp3) is 0.316. The highest BCUT2D eigenvalue weighted by molar-refractivity contribution is 9.10. The van der Waals surface area contributed by atoms with Crippen molar-refractivity contribution < 1.29 is 9.32 Å². The van der Waals surface area contributed by atoms with Gasteiger partial charge in [0.05, 0.1) is 0 Å². The Hall–Kier alpha value is -2.61. The van der Waals surface area contributed by atoms with E-state index in [1.54, 1.807) is 18.5 Å². The van der Waals surface area contributed by atoms with E-state index >= 15 is 0 Å². The molecule has 0 spiro atoms. The van der Waals surface area contributed by atoms with Crippen molar-refractivity contribution in [3.8, 4) is 11.6 Å². The molecule has 8 heteroatoms. The van der Waals surface area contributed by atoms with E-state index in [4.69, 9.17) is 4.52 Å². The number of hydrogen-bond donors (Lipinski definition) is 0. The molecule has 4 rings (SSSR count). The molecule has 0 N–H and O–H groups in total. The summed E-state index contributed by atoms with van der Waals surface area (Å²) in [6, 6.07) is 5.88. The van der Waals surface area contributed by atoms with Gasteiger partial charge in [0.1, 0.15) is 0 Å². The summed E-state index contributed by atoms with van der Waals surface area (Å²) in [6.07, 6.45) is 5.90. The van der Waals surface area contributed by atoms with Crippen LogP contribution in [0.15, 0.2) is 39.6 Å². The van der Waals surface area contributed by atoms with Crippen LogP contribution in [0.25, 0.3) is 11.6 Å². The predicted octanol–water partition coefficient (Wildman–Crippen LogP) is 3.51. The van der Waals surface area contributed by atoms with Gasteiger partial charge in [0.25, 0.3) is 0 Å². The maximum absolute atomic E-state index is 12.8. The largest absolute Gasteiger partial charge is 0.339 e. The van der Waals surface area contributed by atoms with Gasteiger partial charge in [0, 0.05) is 41.9 Å². The van der Waals surface area contributed by atoms with E-state index in [2.05, 4.69) is 48.2 Å². The molecule has 138 valence electrons. The first-order valence-electron chi connectivity index (χ1n) is 8.81. The van der Waals surface area contributed by atoms with Crippen LogP contribution in [0.4, 0.5) is 5.69 Å². The van der Waals surface area contributed by atoms with E-state index in [0.29, 0.717) is 30.4 Å². The SMILES string of the molecule is Cc1cc(Br)cc2c1N(C(=O)CCc1nc(-c3ncccn3)no1)CCC2. The summed E-state index contributed by atoms with van der Waals surface area (Å²) in [5.74, 6) is 1.22. The van der Waals surface area contributed by atoms with Crippen molar-refractivity contribution in [2.24, 2.45) is 0 Å². The highest BCUT2D eigenvalue weighted by Crippen LogP contribution is 2.34. The smallest absolute Gasteiger partial charge is 0.240 e. The molecule has 0 fully saturated rings. The summed E-state index contributed by atoms with van der Waals surface area (Å²) in [7, 11) is 0. The lowest BCUT2D eigenvalue weighted by molar-refractivity contribution is -0.118. The Morgan fingerprint density at radius 3 is 2.89 bits per heavy atom. The van der Waals surface area contributed by atoms with Crippen LogP contribution in [0.5, 0.6) is 0 Å². The van der Waals surface area contributed by atoms with Gasteiger partial charge in [-0.15, -0.1) is 0 Å². The third kappa shape index (κ3) is 3.75. The molecule has 0 atom stereocenters. The number of rotatable bonds is 4. The first kappa shape index (κ1) is 17.8. The van der Waals surface area contributed by atoms with Crippen molar-refractivity contribution in [2.75, 3.05) is 11.4 Å². The second-order valence-electron chi connectivity index (χ2n) is 6.46. The van der Waals surface area contributed by atoms with E-state index in [0.717, 1.165) is 35.1 Å². The lowest BCUT2D eigenvalue weighted by Crippen LogP contribution is -2.36. The van der Waals surface area contributed by atoms with Crippen LogP contribution in [-0.2, 0) is 17.6 Å². The summed E-state index contributed by atoms with van der Waals surface area (Å²) in [5.41, 5.74) is 3.36. The average Bonchev–Trinajstić information content (AvgIpc) is 3.15. The molecule has 3 heterocycles. The minimum Gasteiger partial charge on any atom is -0.339 e. The minimum atomic E-state index is 0.0667. The predicted molar refractivity (Wildman–Crippen MR) is 103 cm³/mol. The Morgan fingerprint density at radius 1 is 1.26 bits per heavy atom. The Balaban J connectivity index is 1.46. The topological polar surface area (TPSA) is 85.0 Å². The molecule has 1 aromatic carbocycles. The zero-order valence-corrected chi connectivity index (χ0v) is 16.4. The molecule has 7 nitrogen and oxygen atoms in total. The summed E-state index contributed by atoms with van der Waals surface area (Å²) in [6.45, 7) is 2.78. The van der Waals surface area contributed by atoms with Gasteiger partial charge in [-0.25, -0.2) is 9.97 Å². The quantitative estimate of drug-likeness (QED) is 0.633. The molecule has 0 aliphatic carbocycles. The molecule has 1 aliphatic heterocycles. The molecule has 3 aromatic rings. The van der Waals surface area contributed by atoms with Crippen molar-refractivity contribution >= 4 is 27.5 Å². The zero-order chi connectivity index (χ0) is 18.8. The Morgan fingerprint density at radius 2 is 2.07 bits per heavy atom. The Kier molecular flexibility index (Phi) is 4.98. The lowest BCUT2D eigenvalue weighted by atomic mass is 9.98. The van der Waals surface area contributed by atoms with Crippen LogP contribution in [0.3, 0.4) is 0 Å². The molecule has 2 aromatic heterocycles. The first-order chi connectivity index (χ1) is 13.1. The molecule has 0 unspecified atom stereocenters. The summed E-state index contributed by atoms with van der Waals surface area (Å²) < 4.78 is 6.30. The van der Waals surface area contributed by atoms with E-state index in [1.807, 2.05) is 11.8 Å². The third-order valence-electron chi connectivity index (χ3n) is 4.53. The number of anilines is 1. The molecule has 0 saturated heterocycles. The van der Waals surface area contributed by atoms with Crippen LogP contribution in [0.2, 0.25) is 0 Å². The number of carbonyl (C=O) groups is 1. The maximum atomic E-state index is 12.8. The van der Waals surface area contributed by atoms with Gasteiger partial charge >= 0.3 is 0 Å². The minimum absolute atomic E-state index is 0.0667. The maximum Gasteiger partial charge on any atom is 0.240 e. The highest BCUT2D eigenvalue weighted by atomic mass is 79.9. The number of carbonyl (C=O) groups excluding carboxylic acids is 1. The van der Waals surface area contributed by atoms with Gasteiger partial charge in [0.2, 0.25) is 23.4 Å². The molecule has 0 radical (unpaired) electrons. The van der Waals surface area contributed by atoms with Crippen molar-refractivity contribution in [2.45, 2.75) is 32.6 Å². The molecule has 27 heavy (non-hydrogen) atoms. The normalized spacial score (nSPS) is 13.5. The van der Waals surface area contributed by atoms with Gasteiger partial charge in [-0.3, -0.25) is 4.79 Å². The van der Waals surface area contributed by atoms with Gasteiger partial charge in [-0.1, -0.05) is 21.1 Å². The van der Waals surface area contributed by atoms with E-state index in [1.165, 1.54) is 5.56 Å². The van der Waals surface area contributed by atoms with E-state index in [-0.39, 0.29) is 5.91 Å². The second kappa shape index (κ2) is 7.56. The van der Waals surface area contributed by atoms with Crippen molar-refractivity contribution in [1.82, 2.24) is 20.1 Å². The van der Waals surface area contributed by atoms with Crippen molar-refractivity contribution in [3.63, 3.8) is 0 Å². The standard InChI is InChI=1S/C19H18BrN5O2/c1-12-10-14(20)11-13-4-2-9-25(17(12)13)16(26)6-5-15-23-19(24-27-15)18-21-7-3-8-22-18/h3,7-8,10-11H,2,4-6,9H2,1H3. The van der Waals surface area contributed by atoms with Crippen LogP contribution < -0.4 is 4.90 Å². The van der Waals surface area contributed by atoms with Gasteiger partial charge in [-0.05, 0) is 49.1 Å². The molecule has 0 bridgehead atoms. The number of halogens is 1. The number of hydrogen-bond acceptors (Lipinski definition) is 6. The third-order valence-corrected chi connectivity index (χ3v) is 4.99.